The molecule has 1 atom stereocenters. The Hall–Kier alpha value is -1.44. The van der Waals surface area contributed by atoms with Gasteiger partial charge < -0.3 is 9.64 Å². The summed E-state index contributed by atoms with van der Waals surface area (Å²) in [6.07, 6.45) is -0.106. The van der Waals surface area contributed by atoms with Gasteiger partial charge in [-0.2, -0.15) is 0 Å². The molecule has 0 bridgehead atoms. The SMILES string of the molecule is COC(C)CN(C)C(=O)c1cc(S(N)(=O)=O)ccc1C. The molecule has 1 rings (SSSR count). The van der Waals surface area contributed by atoms with Crippen LogP contribution in [0.3, 0.4) is 0 Å². The number of aryl methyl sites for hydroxylation is 1. The molecule has 1 unspecified atom stereocenters. The second-order valence-corrected chi connectivity index (χ2v) is 6.32. The molecule has 0 aromatic heterocycles. The van der Waals surface area contributed by atoms with Crippen molar-refractivity contribution in [2.24, 2.45) is 5.14 Å². The predicted octanol–water partition coefficient (Wildman–Crippen LogP) is 0.749. The molecule has 7 heteroatoms. The summed E-state index contributed by atoms with van der Waals surface area (Å²) in [5, 5.41) is 5.08. The molecular weight excluding hydrogens is 280 g/mol. The van der Waals surface area contributed by atoms with E-state index in [-0.39, 0.29) is 16.9 Å². The van der Waals surface area contributed by atoms with Crippen molar-refractivity contribution >= 4 is 15.9 Å². The molecule has 0 fully saturated rings. The highest BCUT2D eigenvalue weighted by molar-refractivity contribution is 7.89. The number of sulfonamides is 1. The third-order valence-electron chi connectivity index (χ3n) is 3.05. The molecule has 2 N–H and O–H groups in total. The van der Waals surface area contributed by atoms with Gasteiger partial charge in [0.05, 0.1) is 11.0 Å². The summed E-state index contributed by atoms with van der Waals surface area (Å²) < 4.78 is 27.8. The minimum atomic E-state index is -3.82. The fourth-order valence-electron chi connectivity index (χ4n) is 1.76. The fraction of sp³-hybridized carbons (Fsp3) is 0.462. The molecule has 1 amide bonds. The van der Waals surface area contributed by atoms with Crippen LogP contribution in [-0.4, -0.2) is 46.0 Å². The van der Waals surface area contributed by atoms with Crippen LogP contribution in [0.1, 0.15) is 22.8 Å². The lowest BCUT2D eigenvalue weighted by Crippen LogP contribution is -2.34. The van der Waals surface area contributed by atoms with Crippen LogP contribution < -0.4 is 5.14 Å². The molecule has 112 valence electrons. The number of primary sulfonamides is 1. The molecular formula is C13H20N2O4S. The van der Waals surface area contributed by atoms with Gasteiger partial charge in [0, 0.05) is 26.3 Å². The molecule has 6 nitrogen and oxygen atoms in total. The molecule has 0 aliphatic carbocycles. The minimum absolute atomic E-state index is 0.0698. The zero-order valence-corrected chi connectivity index (χ0v) is 12.9. The van der Waals surface area contributed by atoms with Gasteiger partial charge in [-0.1, -0.05) is 6.07 Å². The highest BCUT2D eigenvalue weighted by Gasteiger charge is 2.19. The maximum absolute atomic E-state index is 12.3. The Balaban J connectivity index is 3.09. The summed E-state index contributed by atoms with van der Waals surface area (Å²) in [5.41, 5.74) is 1.02. The van der Waals surface area contributed by atoms with E-state index in [1.165, 1.54) is 17.0 Å². The van der Waals surface area contributed by atoms with Crippen molar-refractivity contribution in [3.8, 4) is 0 Å². The number of carbonyl (C=O) groups excluding carboxylic acids is 1. The molecule has 0 saturated heterocycles. The second-order valence-electron chi connectivity index (χ2n) is 4.75. The van der Waals surface area contributed by atoms with Crippen molar-refractivity contribution < 1.29 is 17.9 Å². The number of nitrogens with zero attached hydrogens (tertiary/aromatic N) is 1. The Labute approximate surface area is 119 Å². The molecule has 0 aliphatic rings. The average molecular weight is 300 g/mol. The van der Waals surface area contributed by atoms with Crippen molar-refractivity contribution in [2.45, 2.75) is 24.8 Å². The van der Waals surface area contributed by atoms with E-state index < -0.39 is 10.0 Å². The van der Waals surface area contributed by atoms with Crippen LogP contribution in [0.25, 0.3) is 0 Å². The number of hydrogen-bond acceptors (Lipinski definition) is 4. The van der Waals surface area contributed by atoms with Crippen LogP contribution in [0.15, 0.2) is 23.1 Å². The Morgan fingerprint density at radius 3 is 2.55 bits per heavy atom. The lowest BCUT2D eigenvalue weighted by molar-refractivity contribution is 0.0599. The largest absolute Gasteiger partial charge is 0.380 e. The van der Waals surface area contributed by atoms with E-state index in [4.69, 9.17) is 9.88 Å². The molecule has 0 heterocycles. The van der Waals surface area contributed by atoms with Gasteiger partial charge in [0.15, 0.2) is 0 Å². The van der Waals surface area contributed by atoms with Crippen LogP contribution in [0.2, 0.25) is 0 Å². The molecule has 0 spiro atoms. The lowest BCUT2D eigenvalue weighted by atomic mass is 10.1. The third kappa shape index (κ3) is 4.03. The first-order valence-corrected chi connectivity index (χ1v) is 7.63. The summed E-state index contributed by atoms with van der Waals surface area (Å²) in [5.74, 6) is -0.267. The Morgan fingerprint density at radius 2 is 2.05 bits per heavy atom. The number of hydrogen-bond donors (Lipinski definition) is 1. The second kappa shape index (κ2) is 6.34. The quantitative estimate of drug-likeness (QED) is 0.869. The summed E-state index contributed by atoms with van der Waals surface area (Å²) in [4.78, 5) is 13.8. The smallest absolute Gasteiger partial charge is 0.253 e. The monoisotopic (exact) mass is 300 g/mol. The number of benzene rings is 1. The van der Waals surface area contributed by atoms with Crippen LogP contribution in [-0.2, 0) is 14.8 Å². The first kappa shape index (κ1) is 16.6. The lowest BCUT2D eigenvalue weighted by Gasteiger charge is -2.21. The van der Waals surface area contributed by atoms with Crippen molar-refractivity contribution in [1.82, 2.24) is 4.90 Å². The van der Waals surface area contributed by atoms with Crippen LogP contribution in [0, 0.1) is 6.92 Å². The van der Waals surface area contributed by atoms with Crippen LogP contribution in [0.4, 0.5) is 0 Å². The maximum Gasteiger partial charge on any atom is 0.253 e. The number of amides is 1. The number of nitrogens with two attached hydrogens (primary N) is 1. The zero-order chi connectivity index (χ0) is 15.5. The van der Waals surface area contributed by atoms with E-state index in [0.29, 0.717) is 17.7 Å². The summed E-state index contributed by atoms with van der Waals surface area (Å²) in [6.45, 7) is 4.00. The zero-order valence-electron chi connectivity index (χ0n) is 12.1. The molecule has 0 aliphatic heterocycles. The minimum Gasteiger partial charge on any atom is -0.380 e. The first-order chi connectivity index (χ1) is 9.16. The van der Waals surface area contributed by atoms with Crippen molar-refractivity contribution in [2.75, 3.05) is 20.7 Å². The van der Waals surface area contributed by atoms with Crippen molar-refractivity contribution in [1.29, 1.82) is 0 Å². The first-order valence-electron chi connectivity index (χ1n) is 6.08. The normalized spacial score (nSPS) is 13.1. The average Bonchev–Trinajstić information content (AvgIpc) is 2.36. The Kier molecular flexibility index (Phi) is 5.27. The number of likely N-dealkylation sites (N-methyl/N-ethyl adjacent to an activating group) is 1. The summed E-state index contributed by atoms with van der Waals surface area (Å²) in [7, 11) is -0.619. The molecule has 0 saturated carbocycles. The van der Waals surface area contributed by atoms with Gasteiger partial charge in [0.2, 0.25) is 10.0 Å². The molecule has 20 heavy (non-hydrogen) atoms. The molecule has 1 aromatic carbocycles. The summed E-state index contributed by atoms with van der Waals surface area (Å²) >= 11 is 0. The molecule has 1 aromatic rings. The van der Waals surface area contributed by atoms with E-state index >= 15 is 0 Å². The summed E-state index contributed by atoms with van der Waals surface area (Å²) in [6, 6.07) is 4.26. The van der Waals surface area contributed by atoms with Gasteiger partial charge in [0.1, 0.15) is 0 Å². The third-order valence-corrected chi connectivity index (χ3v) is 3.96. The van der Waals surface area contributed by atoms with E-state index in [1.807, 2.05) is 6.92 Å². The standard InChI is InChI=1S/C13H20N2O4S/c1-9-5-6-11(20(14,17)18)7-12(9)13(16)15(3)8-10(2)19-4/h5-7,10H,8H2,1-4H3,(H2,14,17,18). The highest BCUT2D eigenvalue weighted by Crippen LogP contribution is 2.16. The Morgan fingerprint density at radius 1 is 1.45 bits per heavy atom. The van der Waals surface area contributed by atoms with Gasteiger partial charge in [-0.3, -0.25) is 4.79 Å². The Bertz CT molecular complexity index is 598. The topological polar surface area (TPSA) is 89.7 Å². The van der Waals surface area contributed by atoms with E-state index in [9.17, 15) is 13.2 Å². The number of carbonyl (C=O) groups is 1. The predicted molar refractivity (Wildman–Crippen MR) is 76.0 cm³/mol. The van der Waals surface area contributed by atoms with Gasteiger partial charge >= 0.3 is 0 Å². The maximum atomic E-state index is 12.3. The van der Waals surface area contributed by atoms with Gasteiger partial charge in [0.25, 0.3) is 5.91 Å². The van der Waals surface area contributed by atoms with Gasteiger partial charge in [-0.05, 0) is 31.5 Å². The fourth-order valence-corrected chi connectivity index (χ4v) is 2.30. The van der Waals surface area contributed by atoms with Gasteiger partial charge in [-0.25, -0.2) is 13.6 Å². The van der Waals surface area contributed by atoms with Crippen LogP contribution >= 0.6 is 0 Å². The van der Waals surface area contributed by atoms with E-state index in [1.54, 1.807) is 27.1 Å². The molecule has 0 radical (unpaired) electrons. The van der Waals surface area contributed by atoms with E-state index in [2.05, 4.69) is 0 Å². The number of rotatable bonds is 5. The van der Waals surface area contributed by atoms with Gasteiger partial charge in [-0.15, -0.1) is 0 Å². The van der Waals surface area contributed by atoms with Crippen molar-refractivity contribution in [3.63, 3.8) is 0 Å². The number of ether oxygens (including phenoxy) is 1. The highest BCUT2D eigenvalue weighted by atomic mass is 32.2. The number of methoxy groups -OCH3 is 1. The van der Waals surface area contributed by atoms with Crippen molar-refractivity contribution in [3.05, 3.63) is 29.3 Å². The van der Waals surface area contributed by atoms with Crippen LogP contribution in [0.5, 0.6) is 0 Å². The van der Waals surface area contributed by atoms with E-state index in [0.717, 1.165) is 0 Å².